The summed E-state index contributed by atoms with van der Waals surface area (Å²) in [6.45, 7) is 6.58. The van der Waals surface area contributed by atoms with Gasteiger partial charge in [-0.25, -0.2) is 0 Å². The molecule has 3 nitrogen and oxygen atoms in total. The standard InChI is InChI=1S/C14H28N2O/c1-14(7-11-17-12-8-14)16-10-4-6-13-5-2-3-9-15-13/h13,15-16H,2-12H2,1H3. The fourth-order valence-corrected chi connectivity index (χ4v) is 2.91. The molecular weight excluding hydrogens is 212 g/mol. The van der Waals surface area contributed by atoms with E-state index in [2.05, 4.69) is 17.6 Å². The van der Waals surface area contributed by atoms with Crippen LogP contribution in [0.25, 0.3) is 0 Å². The van der Waals surface area contributed by atoms with Crippen LogP contribution in [0.5, 0.6) is 0 Å². The van der Waals surface area contributed by atoms with Gasteiger partial charge in [0.1, 0.15) is 0 Å². The zero-order valence-electron chi connectivity index (χ0n) is 11.3. The Morgan fingerprint density at radius 1 is 1.29 bits per heavy atom. The molecule has 2 heterocycles. The van der Waals surface area contributed by atoms with Crippen molar-refractivity contribution in [2.75, 3.05) is 26.3 Å². The summed E-state index contributed by atoms with van der Waals surface area (Å²) in [7, 11) is 0. The van der Waals surface area contributed by atoms with Crippen LogP contribution < -0.4 is 10.6 Å². The minimum Gasteiger partial charge on any atom is -0.381 e. The maximum Gasteiger partial charge on any atom is 0.0483 e. The molecule has 17 heavy (non-hydrogen) atoms. The molecule has 0 aromatic carbocycles. The van der Waals surface area contributed by atoms with Crippen LogP contribution in [0.4, 0.5) is 0 Å². The minimum absolute atomic E-state index is 0.332. The smallest absolute Gasteiger partial charge is 0.0483 e. The van der Waals surface area contributed by atoms with Gasteiger partial charge in [0.25, 0.3) is 0 Å². The van der Waals surface area contributed by atoms with Crippen molar-refractivity contribution < 1.29 is 4.74 Å². The molecule has 3 heteroatoms. The van der Waals surface area contributed by atoms with Gasteiger partial charge in [-0.15, -0.1) is 0 Å². The number of hydrogen-bond donors (Lipinski definition) is 2. The Morgan fingerprint density at radius 3 is 2.82 bits per heavy atom. The number of nitrogens with one attached hydrogen (secondary N) is 2. The Bertz CT molecular complexity index is 208. The predicted molar refractivity (Wildman–Crippen MR) is 71.3 cm³/mol. The third-order valence-electron chi connectivity index (χ3n) is 4.29. The van der Waals surface area contributed by atoms with Gasteiger partial charge in [-0.2, -0.15) is 0 Å². The average molecular weight is 240 g/mol. The summed E-state index contributed by atoms with van der Waals surface area (Å²) >= 11 is 0. The largest absolute Gasteiger partial charge is 0.381 e. The molecule has 0 radical (unpaired) electrons. The zero-order valence-corrected chi connectivity index (χ0v) is 11.3. The fourth-order valence-electron chi connectivity index (χ4n) is 2.91. The Kier molecular flexibility index (Phi) is 5.26. The van der Waals surface area contributed by atoms with Crippen molar-refractivity contribution in [2.45, 2.75) is 63.5 Å². The first-order valence-corrected chi connectivity index (χ1v) is 7.35. The Labute approximate surface area is 106 Å². The summed E-state index contributed by atoms with van der Waals surface area (Å²) in [6, 6.07) is 0.785. The van der Waals surface area contributed by atoms with Gasteiger partial charge >= 0.3 is 0 Å². The average Bonchev–Trinajstić information content (AvgIpc) is 2.37. The molecule has 2 aliphatic heterocycles. The molecule has 0 aromatic rings. The van der Waals surface area contributed by atoms with Crippen LogP contribution in [-0.2, 0) is 4.74 Å². The third-order valence-corrected chi connectivity index (χ3v) is 4.29. The van der Waals surface area contributed by atoms with Crippen molar-refractivity contribution in [3.63, 3.8) is 0 Å². The zero-order chi connectivity index (χ0) is 12.0. The summed E-state index contributed by atoms with van der Waals surface area (Å²) in [5, 5.41) is 7.35. The van der Waals surface area contributed by atoms with E-state index >= 15 is 0 Å². The lowest BCUT2D eigenvalue weighted by molar-refractivity contribution is 0.0452. The summed E-state index contributed by atoms with van der Waals surface area (Å²) < 4.78 is 5.42. The molecule has 2 rings (SSSR count). The van der Waals surface area contributed by atoms with Crippen molar-refractivity contribution in [2.24, 2.45) is 0 Å². The first-order chi connectivity index (χ1) is 8.29. The first-order valence-electron chi connectivity index (χ1n) is 7.35. The van der Waals surface area contributed by atoms with E-state index in [4.69, 9.17) is 4.74 Å². The van der Waals surface area contributed by atoms with Crippen LogP contribution in [0.1, 0.15) is 51.9 Å². The fraction of sp³-hybridized carbons (Fsp3) is 1.00. The van der Waals surface area contributed by atoms with Gasteiger partial charge in [0.15, 0.2) is 0 Å². The molecule has 2 saturated heterocycles. The minimum atomic E-state index is 0.332. The first kappa shape index (κ1) is 13.3. The van der Waals surface area contributed by atoms with Gasteiger partial charge in [0.05, 0.1) is 0 Å². The summed E-state index contributed by atoms with van der Waals surface area (Å²) in [4.78, 5) is 0. The lowest BCUT2D eigenvalue weighted by Gasteiger charge is -2.35. The molecule has 100 valence electrons. The quantitative estimate of drug-likeness (QED) is 0.722. The third kappa shape index (κ3) is 4.57. The van der Waals surface area contributed by atoms with Crippen LogP contribution in [-0.4, -0.2) is 37.9 Å². The maximum atomic E-state index is 5.42. The summed E-state index contributed by atoms with van der Waals surface area (Å²) in [5.41, 5.74) is 0.332. The lowest BCUT2D eigenvalue weighted by atomic mass is 9.92. The van der Waals surface area contributed by atoms with Crippen LogP contribution in [0.3, 0.4) is 0 Å². The second-order valence-electron chi connectivity index (χ2n) is 5.89. The highest BCUT2D eigenvalue weighted by Gasteiger charge is 2.26. The Morgan fingerprint density at radius 2 is 2.12 bits per heavy atom. The summed E-state index contributed by atoms with van der Waals surface area (Å²) in [5.74, 6) is 0. The van der Waals surface area contributed by atoms with Crippen LogP contribution in [0, 0.1) is 0 Å². The number of rotatable bonds is 5. The van der Waals surface area contributed by atoms with Gasteiger partial charge in [-0.05, 0) is 58.5 Å². The highest BCUT2D eigenvalue weighted by atomic mass is 16.5. The van der Waals surface area contributed by atoms with Crippen LogP contribution in [0.2, 0.25) is 0 Å². The number of piperidine rings is 1. The molecule has 2 aliphatic rings. The topological polar surface area (TPSA) is 33.3 Å². The van der Waals surface area contributed by atoms with E-state index in [0.717, 1.165) is 38.6 Å². The molecule has 2 N–H and O–H groups in total. The molecule has 0 aliphatic carbocycles. The molecule has 0 saturated carbocycles. The van der Waals surface area contributed by atoms with Gasteiger partial charge in [0, 0.05) is 24.8 Å². The van der Waals surface area contributed by atoms with E-state index in [-0.39, 0.29) is 0 Å². The molecule has 0 spiro atoms. The van der Waals surface area contributed by atoms with Gasteiger partial charge in [0.2, 0.25) is 0 Å². The van der Waals surface area contributed by atoms with Gasteiger partial charge in [-0.1, -0.05) is 6.42 Å². The second kappa shape index (κ2) is 6.72. The van der Waals surface area contributed by atoms with Crippen molar-refractivity contribution >= 4 is 0 Å². The number of hydrogen-bond acceptors (Lipinski definition) is 3. The van der Waals surface area contributed by atoms with Crippen LogP contribution in [0.15, 0.2) is 0 Å². The molecule has 0 amide bonds. The molecule has 1 unspecified atom stereocenters. The van der Waals surface area contributed by atoms with Gasteiger partial charge in [-0.3, -0.25) is 0 Å². The van der Waals surface area contributed by atoms with E-state index in [1.54, 1.807) is 0 Å². The normalized spacial score (nSPS) is 29.1. The Balaban J connectivity index is 1.55. The van der Waals surface area contributed by atoms with E-state index in [0.29, 0.717) is 5.54 Å². The highest BCUT2D eigenvalue weighted by Crippen LogP contribution is 2.19. The molecule has 2 fully saturated rings. The maximum absolute atomic E-state index is 5.42. The van der Waals surface area contributed by atoms with Crippen molar-refractivity contribution in [1.82, 2.24) is 10.6 Å². The van der Waals surface area contributed by atoms with E-state index in [1.807, 2.05) is 0 Å². The SMILES string of the molecule is CC1(NCCCC2CCCCN2)CCOCC1. The highest BCUT2D eigenvalue weighted by molar-refractivity contribution is 4.85. The Hall–Kier alpha value is -0.120. The second-order valence-corrected chi connectivity index (χ2v) is 5.89. The van der Waals surface area contributed by atoms with Crippen molar-refractivity contribution in [3.8, 4) is 0 Å². The monoisotopic (exact) mass is 240 g/mol. The molecule has 0 aromatic heterocycles. The van der Waals surface area contributed by atoms with E-state index < -0.39 is 0 Å². The predicted octanol–water partition coefficient (Wildman–Crippen LogP) is 2.07. The molecular formula is C14H28N2O. The number of ether oxygens (including phenoxy) is 1. The van der Waals surface area contributed by atoms with Crippen molar-refractivity contribution in [1.29, 1.82) is 0 Å². The summed E-state index contributed by atoms with van der Waals surface area (Å²) in [6.07, 6.45) is 9.12. The van der Waals surface area contributed by atoms with E-state index in [1.165, 1.54) is 38.6 Å². The molecule has 1 atom stereocenters. The van der Waals surface area contributed by atoms with E-state index in [9.17, 15) is 0 Å². The lowest BCUT2D eigenvalue weighted by Crippen LogP contribution is -2.47. The molecule has 0 bridgehead atoms. The van der Waals surface area contributed by atoms with Crippen molar-refractivity contribution in [3.05, 3.63) is 0 Å². The van der Waals surface area contributed by atoms with Gasteiger partial charge < -0.3 is 15.4 Å². The van der Waals surface area contributed by atoms with Crippen LogP contribution >= 0.6 is 0 Å².